The van der Waals surface area contributed by atoms with Crippen molar-refractivity contribution in [2.75, 3.05) is 0 Å². The van der Waals surface area contributed by atoms with Gasteiger partial charge < -0.3 is 5.11 Å². The fourth-order valence-corrected chi connectivity index (χ4v) is 3.19. The maximum Gasteiger partial charge on any atom is 0.262 e. The van der Waals surface area contributed by atoms with E-state index in [1.54, 1.807) is 24.3 Å². The lowest BCUT2D eigenvalue weighted by molar-refractivity contribution is 0.441. The standard InChI is InChI=1S/C17H13ClN2O2S/c18-13-6-8-14(9-7-13)20-16(22)10-15(21)19-17(20)23-11-12-4-2-1-3-5-12/h1-10,21H,11H2. The Balaban J connectivity index is 1.98. The molecule has 3 aromatic rings. The van der Waals surface area contributed by atoms with Crippen LogP contribution in [0.15, 0.2) is 70.6 Å². The number of aromatic hydroxyl groups is 1. The van der Waals surface area contributed by atoms with Gasteiger partial charge in [-0.2, -0.15) is 4.98 Å². The Labute approximate surface area is 142 Å². The maximum absolute atomic E-state index is 12.3. The average Bonchev–Trinajstić information content (AvgIpc) is 2.55. The summed E-state index contributed by atoms with van der Waals surface area (Å²) in [5.41, 5.74) is 1.43. The summed E-state index contributed by atoms with van der Waals surface area (Å²) in [6.45, 7) is 0. The summed E-state index contributed by atoms with van der Waals surface area (Å²) in [7, 11) is 0. The number of hydrogen-bond donors (Lipinski definition) is 1. The smallest absolute Gasteiger partial charge is 0.262 e. The minimum Gasteiger partial charge on any atom is -0.493 e. The highest BCUT2D eigenvalue weighted by Crippen LogP contribution is 2.24. The molecule has 116 valence electrons. The van der Waals surface area contributed by atoms with Crippen LogP contribution in [-0.2, 0) is 5.75 Å². The second-order valence-electron chi connectivity index (χ2n) is 4.82. The van der Waals surface area contributed by atoms with Gasteiger partial charge >= 0.3 is 0 Å². The molecular weight excluding hydrogens is 332 g/mol. The molecule has 3 rings (SSSR count). The highest BCUT2D eigenvalue weighted by atomic mass is 35.5. The molecule has 2 aromatic carbocycles. The van der Waals surface area contributed by atoms with Crippen LogP contribution in [0.1, 0.15) is 5.56 Å². The lowest BCUT2D eigenvalue weighted by atomic mass is 10.2. The van der Waals surface area contributed by atoms with Crippen LogP contribution in [0.4, 0.5) is 0 Å². The first-order valence-electron chi connectivity index (χ1n) is 6.89. The molecule has 0 spiro atoms. The summed E-state index contributed by atoms with van der Waals surface area (Å²) < 4.78 is 1.46. The van der Waals surface area contributed by atoms with E-state index in [1.807, 2.05) is 30.3 Å². The van der Waals surface area contributed by atoms with E-state index in [9.17, 15) is 9.90 Å². The second-order valence-corrected chi connectivity index (χ2v) is 6.20. The molecule has 0 aliphatic rings. The number of rotatable bonds is 4. The van der Waals surface area contributed by atoms with Gasteiger partial charge in [-0.1, -0.05) is 53.7 Å². The third kappa shape index (κ3) is 3.75. The van der Waals surface area contributed by atoms with Crippen LogP contribution in [0, 0.1) is 0 Å². The van der Waals surface area contributed by atoms with Crippen LogP contribution in [0.5, 0.6) is 5.88 Å². The molecule has 0 aliphatic heterocycles. The van der Waals surface area contributed by atoms with Gasteiger partial charge in [0.05, 0.1) is 11.8 Å². The van der Waals surface area contributed by atoms with Crippen molar-refractivity contribution in [2.24, 2.45) is 0 Å². The molecule has 0 saturated carbocycles. The summed E-state index contributed by atoms with van der Waals surface area (Å²) in [5.74, 6) is 0.361. The topological polar surface area (TPSA) is 55.1 Å². The Hall–Kier alpha value is -2.24. The third-order valence-corrected chi connectivity index (χ3v) is 4.43. The lowest BCUT2D eigenvalue weighted by Gasteiger charge is -2.11. The predicted octanol–water partition coefficient (Wildman–Crippen LogP) is 3.88. The van der Waals surface area contributed by atoms with Gasteiger partial charge in [0.25, 0.3) is 5.56 Å². The Morgan fingerprint density at radius 3 is 2.48 bits per heavy atom. The minimum absolute atomic E-state index is 0.282. The number of thioether (sulfide) groups is 1. The van der Waals surface area contributed by atoms with Crippen LogP contribution < -0.4 is 5.56 Å². The molecule has 0 amide bonds. The van der Waals surface area contributed by atoms with Gasteiger partial charge in [-0.25, -0.2) is 0 Å². The van der Waals surface area contributed by atoms with Crippen molar-refractivity contribution in [1.82, 2.24) is 9.55 Å². The van der Waals surface area contributed by atoms with Crippen molar-refractivity contribution >= 4 is 23.4 Å². The molecule has 1 heterocycles. The van der Waals surface area contributed by atoms with Crippen molar-refractivity contribution < 1.29 is 5.11 Å². The molecule has 0 atom stereocenters. The van der Waals surface area contributed by atoms with Gasteiger partial charge in [-0.15, -0.1) is 0 Å². The van der Waals surface area contributed by atoms with Gasteiger partial charge in [0, 0.05) is 10.8 Å². The molecule has 0 fully saturated rings. The zero-order chi connectivity index (χ0) is 16.2. The molecule has 0 aliphatic carbocycles. The van der Waals surface area contributed by atoms with Gasteiger partial charge in [-0.05, 0) is 29.8 Å². The summed E-state index contributed by atoms with van der Waals surface area (Å²) in [4.78, 5) is 16.4. The highest BCUT2D eigenvalue weighted by molar-refractivity contribution is 7.98. The predicted molar refractivity (Wildman–Crippen MR) is 92.5 cm³/mol. The summed E-state index contributed by atoms with van der Waals surface area (Å²) in [6.07, 6.45) is 0. The summed E-state index contributed by atoms with van der Waals surface area (Å²) in [6, 6.07) is 17.9. The van der Waals surface area contributed by atoms with Gasteiger partial charge in [0.2, 0.25) is 5.88 Å². The second kappa shape index (κ2) is 6.89. The van der Waals surface area contributed by atoms with Crippen LogP contribution >= 0.6 is 23.4 Å². The van der Waals surface area contributed by atoms with Crippen LogP contribution in [0.2, 0.25) is 5.02 Å². The number of halogens is 1. The van der Waals surface area contributed by atoms with E-state index < -0.39 is 0 Å². The van der Waals surface area contributed by atoms with E-state index in [1.165, 1.54) is 16.3 Å². The van der Waals surface area contributed by atoms with E-state index in [0.29, 0.717) is 21.6 Å². The molecule has 1 aromatic heterocycles. The molecule has 0 radical (unpaired) electrons. The van der Waals surface area contributed by atoms with Gasteiger partial charge in [0.1, 0.15) is 0 Å². The first-order valence-corrected chi connectivity index (χ1v) is 8.25. The zero-order valence-electron chi connectivity index (χ0n) is 12.0. The Morgan fingerprint density at radius 1 is 1.09 bits per heavy atom. The Kier molecular flexibility index (Phi) is 4.69. The molecule has 4 nitrogen and oxygen atoms in total. The number of hydrogen-bond acceptors (Lipinski definition) is 4. The number of nitrogens with zero attached hydrogens (tertiary/aromatic N) is 2. The first kappa shape index (κ1) is 15.6. The molecule has 0 saturated heterocycles. The molecule has 0 unspecified atom stereocenters. The summed E-state index contributed by atoms with van der Waals surface area (Å²) >= 11 is 7.28. The number of aromatic nitrogens is 2. The molecule has 23 heavy (non-hydrogen) atoms. The van der Waals surface area contributed by atoms with Gasteiger partial charge in [0.15, 0.2) is 5.16 Å². The number of benzene rings is 2. The van der Waals surface area contributed by atoms with Crippen molar-refractivity contribution in [3.8, 4) is 11.6 Å². The molecular formula is C17H13ClN2O2S. The lowest BCUT2D eigenvalue weighted by Crippen LogP contribution is -2.20. The largest absolute Gasteiger partial charge is 0.493 e. The minimum atomic E-state index is -0.338. The normalized spacial score (nSPS) is 10.7. The highest BCUT2D eigenvalue weighted by Gasteiger charge is 2.11. The van der Waals surface area contributed by atoms with E-state index in [0.717, 1.165) is 11.6 Å². The third-order valence-electron chi connectivity index (χ3n) is 3.17. The van der Waals surface area contributed by atoms with E-state index in [2.05, 4.69) is 4.98 Å². The Bertz CT molecular complexity index is 864. The quantitative estimate of drug-likeness (QED) is 0.576. The molecule has 6 heteroatoms. The van der Waals surface area contributed by atoms with Crippen molar-refractivity contribution in [2.45, 2.75) is 10.9 Å². The molecule has 1 N–H and O–H groups in total. The molecule has 0 bridgehead atoms. The first-order chi connectivity index (χ1) is 11.1. The van der Waals surface area contributed by atoms with Crippen molar-refractivity contribution in [3.63, 3.8) is 0 Å². The van der Waals surface area contributed by atoms with E-state index >= 15 is 0 Å². The fraction of sp³-hybridized carbons (Fsp3) is 0.0588. The van der Waals surface area contributed by atoms with Crippen LogP contribution in [-0.4, -0.2) is 14.7 Å². The van der Waals surface area contributed by atoms with E-state index in [4.69, 9.17) is 11.6 Å². The van der Waals surface area contributed by atoms with E-state index in [-0.39, 0.29) is 11.4 Å². The van der Waals surface area contributed by atoms with Crippen LogP contribution in [0.3, 0.4) is 0 Å². The summed E-state index contributed by atoms with van der Waals surface area (Å²) in [5, 5.41) is 10.7. The zero-order valence-corrected chi connectivity index (χ0v) is 13.6. The van der Waals surface area contributed by atoms with Gasteiger partial charge in [-0.3, -0.25) is 9.36 Å². The van der Waals surface area contributed by atoms with Crippen molar-refractivity contribution in [1.29, 1.82) is 0 Å². The van der Waals surface area contributed by atoms with Crippen LogP contribution in [0.25, 0.3) is 5.69 Å². The Morgan fingerprint density at radius 2 is 1.78 bits per heavy atom. The van der Waals surface area contributed by atoms with Crippen molar-refractivity contribution in [3.05, 3.63) is 81.6 Å². The monoisotopic (exact) mass is 344 g/mol. The fourth-order valence-electron chi connectivity index (χ4n) is 2.10. The average molecular weight is 345 g/mol. The SMILES string of the molecule is O=c1cc(O)nc(SCc2ccccc2)n1-c1ccc(Cl)cc1. The maximum atomic E-state index is 12.3.